The molecule has 2 N–H and O–H groups in total. The molecule has 0 saturated heterocycles. The second-order valence-electron chi connectivity index (χ2n) is 11.7. The van der Waals surface area contributed by atoms with Crippen LogP contribution in [0.3, 0.4) is 0 Å². The van der Waals surface area contributed by atoms with E-state index in [0.717, 1.165) is 11.2 Å². The molecule has 6 heteroatoms. The molecule has 0 amide bonds. The Morgan fingerprint density at radius 1 is 0.457 bits per heavy atom. The van der Waals surface area contributed by atoms with E-state index in [1.54, 1.807) is 0 Å². The van der Waals surface area contributed by atoms with E-state index in [1.165, 1.54) is 32.3 Å². The average Bonchev–Trinajstić information content (AvgIpc) is 3.08. The Morgan fingerprint density at radius 3 is 1.04 bits per heavy atom. The van der Waals surface area contributed by atoms with Gasteiger partial charge in [-0.25, -0.2) is 0 Å². The van der Waals surface area contributed by atoms with Crippen molar-refractivity contribution in [3.8, 4) is 0 Å². The molecule has 0 aliphatic rings. The maximum atomic E-state index is 5.26. The number of hydrogen-bond acceptors (Lipinski definition) is 2. The molecule has 0 saturated carbocycles. The van der Waals surface area contributed by atoms with Gasteiger partial charge in [-0.1, -0.05) is 146 Å². The van der Waals surface area contributed by atoms with Gasteiger partial charge in [0.25, 0.3) is 0 Å². The first-order valence-corrected chi connectivity index (χ1v) is 18.7. The zero-order valence-electron chi connectivity index (χ0n) is 27.2. The number of rotatable bonds is 12. The molecule has 0 fully saturated rings. The van der Waals surface area contributed by atoms with Gasteiger partial charge in [0.2, 0.25) is 0 Å². The van der Waals surface area contributed by atoms with Crippen LogP contribution in [0.5, 0.6) is 0 Å². The first-order valence-electron chi connectivity index (χ1n) is 16.0. The Labute approximate surface area is 277 Å². The first-order chi connectivity index (χ1) is 22.5. The van der Waals surface area contributed by atoms with E-state index in [4.69, 9.17) is 9.98 Å². The highest BCUT2D eigenvalue weighted by Gasteiger charge is 2.22. The highest BCUT2D eigenvalue weighted by atomic mass is 31.1. The van der Waals surface area contributed by atoms with Crippen LogP contribution in [0.15, 0.2) is 156 Å². The normalized spacial score (nSPS) is 12.3. The third-order valence-electron chi connectivity index (χ3n) is 7.13. The van der Waals surface area contributed by atoms with Gasteiger partial charge in [0.1, 0.15) is 11.2 Å². The summed E-state index contributed by atoms with van der Waals surface area (Å²) in [6, 6.07) is 52.3. The van der Waals surface area contributed by atoms with E-state index < -0.39 is 15.8 Å². The van der Waals surface area contributed by atoms with Crippen molar-refractivity contribution in [2.24, 2.45) is 9.98 Å². The van der Waals surface area contributed by atoms with Crippen molar-refractivity contribution in [1.29, 1.82) is 0 Å². The lowest BCUT2D eigenvalue weighted by Crippen LogP contribution is -2.34. The Kier molecular flexibility index (Phi) is 12.3. The van der Waals surface area contributed by atoms with Gasteiger partial charge >= 0.3 is 0 Å². The topological polar surface area (TPSA) is 48.8 Å². The maximum absolute atomic E-state index is 5.26. The van der Waals surface area contributed by atoms with Crippen LogP contribution in [0, 0.1) is 0 Å². The second-order valence-corrected chi connectivity index (χ2v) is 16.0. The molecular weight excluding hydrogens is 598 g/mol. The third-order valence-corrected chi connectivity index (χ3v) is 11.8. The molecule has 5 aromatic rings. The lowest BCUT2D eigenvalue weighted by Gasteiger charge is -2.24. The fourth-order valence-electron chi connectivity index (χ4n) is 5.13. The van der Waals surface area contributed by atoms with Crippen molar-refractivity contribution in [1.82, 2.24) is 10.6 Å². The molecule has 0 aromatic heterocycles. The summed E-state index contributed by atoms with van der Waals surface area (Å²) in [7, 11) is -1.63. The number of benzene rings is 5. The molecule has 5 aromatic carbocycles. The average molecular weight is 643 g/mol. The van der Waals surface area contributed by atoms with Crippen LogP contribution in [0.4, 0.5) is 0 Å². The van der Waals surface area contributed by atoms with Crippen LogP contribution in [-0.2, 0) is 13.1 Å². The number of nitrogens with one attached hydrogen (secondary N) is 2. The summed E-state index contributed by atoms with van der Waals surface area (Å²) in [4.78, 5) is 10.5. The molecule has 4 nitrogen and oxygen atoms in total. The lowest BCUT2D eigenvalue weighted by atomic mass is 10.1. The summed E-state index contributed by atoms with van der Waals surface area (Å²) in [5.74, 6) is 0. The highest BCUT2D eigenvalue weighted by molar-refractivity contribution is 7.88. The van der Waals surface area contributed by atoms with Crippen LogP contribution < -0.4 is 31.9 Å². The minimum atomic E-state index is -0.816. The van der Waals surface area contributed by atoms with E-state index >= 15 is 0 Å². The molecule has 0 bridgehead atoms. The summed E-state index contributed by atoms with van der Waals surface area (Å²) in [6.07, 6.45) is 0. The molecule has 0 heterocycles. The van der Waals surface area contributed by atoms with Gasteiger partial charge in [-0.2, -0.15) is 0 Å². The fraction of sp³-hybridized carbons (Fsp3) is 0.200. The smallest absolute Gasteiger partial charge is 0.129 e. The number of aliphatic imine (C=N–C) groups is 2. The summed E-state index contributed by atoms with van der Waals surface area (Å²) < 4.78 is 0. The van der Waals surface area contributed by atoms with Crippen LogP contribution in [0.2, 0.25) is 0 Å². The zero-order chi connectivity index (χ0) is 32.1. The molecule has 0 radical (unpaired) electrons. The maximum Gasteiger partial charge on any atom is 0.129 e. The first kappa shape index (κ1) is 33.3. The molecule has 46 heavy (non-hydrogen) atoms. The van der Waals surface area contributed by atoms with Crippen LogP contribution in [-0.4, -0.2) is 23.2 Å². The molecule has 0 unspecified atom stereocenters. The van der Waals surface area contributed by atoms with Crippen LogP contribution in [0.25, 0.3) is 0 Å². The highest BCUT2D eigenvalue weighted by Crippen LogP contribution is 2.36. The molecule has 234 valence electrons. The summed E-state index contributed by atoms with van der Waals surface area (Å²) in [5, 5.41) is 12.6. The van der Waals surface area contributed by atoms with Crippen LogP contribution in [0.1, 0.15) is 38.8 Å². The van der Waals surface area contributed by atoms with E-state index in [0.29, 0.717) is 13.1 Å². The van der Waals surface area contributed by atoms with Crippen molar-refractivity contribution < 1.29 is 0 Å². The largest absolute Gasteiger partial charge is 0.367 e. The number of hydrogen-bond donors (Lipinski definition) is 2. The second kappa shape index (κ2) is 17.0. The van der Waals surface area contributed by atoms with Gasteiger partial charge in [-0.05, 0) is 60.0 Å². The molecule has 0 atom stereocenters. The Hall–Kier alpha value is -4.10. The third kappa shape index (κ3) is 9.46. The molecular formula is C40H44N4P2. The monoisotopic (exact) mass is 642 g/mol. The van der Waals surface area contributed by atoms with Gasteiger partial charge < -0.3 is 10.6 Å². The predicted octanol–water partition coefficient (Wildman–Crippen LogP) is 7.66. The standard InChI is InChI=1S/C40H44N4P2/c1-31(2)43-39(45(35-20-9-5-10-21-35)36-22-11-6-12-23-36)41-29-33-18-17-19-34(28-33)30-42-40(44-32(3)4)46(37-24-13-7-14-25-37)38-26-15-8-16-27-38/h5-28,31-32H,29-30H2,1-4H3,(H,41,43)(H,42,44). The minimum absolute atomic E-state index is 0.271. The van der Waals surface area contributed by atoms with Crippen molar-refractivity contribution in [3.05, 3.63) is 157 Å². The summed E-state index contributed by atoms with van der Waals surface area (Å²) in [5.41, 5.74) is 4.45. The number of nitrogens with zero attached hydrogens (tertiary/aromatic N) is 2. The van der Waals surface area contributed by atoms with E-state index in [-0.39, 0.29) is 12.1 Å². The van der Waals surface area contributed by atoms with Gasteiger partial charge in [-0.3, -0.25) is 9.98 Å². The zero-order valence-corrected chi connectivity index (χ0v) is 29.0. The van der Waals surface area contributed by atoms with E-state index in [9.17, 15) is 0 Å². The van der Waals surface area contributed by atoms with Crippen molar-refractivity contribution in [3.63, 3.8) is 0 Å². The molecule has 5 rings (SSSR count). The molecule has 0 spiro atoms. The number of amidine groups is 2. The Bertz CT molecular complexity index is 1490. The van der Waals surface area contributed by atoms with Gasteiger partial charge in [0.05, 0.1) is 13.1 Å². The SMILES string of the molecule is CC(C)NC(=NCc1cccc(CN=C(NC(C)C)P(c2ccccc2)c2ccccc2)c1)P(c1ccccc1)c1ccccc1. The fourth-order valence-corrected chi connectivity index (χ4v) is 9.79. The van der Waals surface area contributed by atoms with E-state index in [1.807, 2.05) is 0 Å². The van der Waals surface area contributed by atoms with Gasteiger partial charge in [0.15, 0.2) is 0 Å². The van der Waals surface area contributed by atoms with Crippen LogP contribution >= 0.6 is 15.8 Å². The molecule has 0 aliphatic heterocycles. The summed E-state index contributed by atoms with van der Waals surface area (Å²) in [6.45, 7) is 9.92. The van der Waals surface area contributed by atoms with Crippen molar-refractivity contribution in [2.75, 3.05) is 0 Å². The molecule has 0 aliphatic carbocycles. The van der Waals surface area contributed by atoms with Crippen molar-refractivity contribution in [2.45, 2.75) is 52.9 Å². The van der Waals surface area contributed by atoms with Gasteiger partial charge in [-0.15, -0.1) is 0 Å². The summed E-state index contributed by atoms with van der Waals surface area (Å²) >= 11 is 0. The quantitative estimate of drug-likeness (QED) is 0.0835. The lowest BCUT2D eigenvalue weighted by molar-refractivity contribution is 0.736. The van der Waals surface area contributed by atoms with Crippen molar-refractivity contribution >= 4 is 48.2 Å². The predicted molar refractivity (Wildman–Crippen MR) is 203 cm³/mol. The van der Waals surface area contributed by atoms with E-state index in [2.05, 4.69) is 184 Å². The Morgan fingerprint density at radius 2 is 0.761 bits per heavy atom. The van der Waals surface area contributed by atoms with Gasteiger partial charge in [0, 0.05) is 27.9 Å². The minimum Gasteiger partial charge on any atom is -0.367 e. The Balaban J connectivity index is 1.44.